The Bertz CT molecular complexity index is 278. The molecule has 0 aromatic rings. The third-order valence-corrected chi connectivity index (χ3v) is 3.29. The molecule has 0 aromatic carbocycles. The van der Waals surface area contributed by atoms with Crippen LogP contribution in [0.15, 0.2) is 0 Å². The minimum atomic E-state index is -0.812. The van der Waals surface area contributed by atoms with Crippen molar-refractivity contribution in [2.75, 3.05) is 13.1 Å². The van der Waals surface area contributed by atoms with Crippen LogP contribution in [0.5, 0.6) is 0 Å². The number of hydrogen-bond donors (Lipinski definition) is 2. The van der Waals surface area contributed by atoms with Gasteiger partial charge in [0, 0.05) is 31.8 Å². The molecule has 0 spiro atoms. The van der Waals surface area contributed by atoms with E-state index >= 15 is 0 Å². The fourth-order valence-corrected chi connectivity index (χ4v) is 2.12. The Morgan fingerprint density at radius 1 is 1.35 bits per heavy atom. The lowest BCUT2D eigenvalue weighted by Gasteiger charge is -2.17. The Kier molecular flexibility index (Phi) is 5.41. The minimum absolute atomic E-state index is 0.0820. The maximum atomic E-state index is 11.8. The minimum Gasteiger partial charge on any atom is -0.481 e. The van der Waals surface area contributed by atoms with Crippen molar-refractivity contribution >= 4 is 11.9 Å². The second-order valence-electron chi connectivity index (χ2n) is 4.73. The molecule has 98 valence electrons. The van der Waals surface area contributed by atoms with Gasteiger partial charge in [-0.25, -0.2) is 0 Å². The van der Waals surface area contributed by atoms with Crippen LogP contribution in [0, 0.1) is 5.92 Å². The molecule has 5 heteroatoms. The van der Waals surface area contributed by atoms with Gasteiger partial charge in [-0.2, -0.15) is 0 Å². The molecule has 1 aliphatic heterocycles. The highest BCUT2D eigenvalue weighted by Gasteiger charge is 2.28. The highest BCUT2D eigenvalue weighted by Crippen LogP contribution is 2.20. The molecular weight excluding hydrogens is 222 g/mol. The molecule has 1 amide bonds. The average Bonchev–Trinajstić information content (AvgIpc) is 2.73. The van der Waals surface area contributed by atoms with Crippen molar-refractivity contribution in [3.8, 4) is 0 Å². The summed E-state index contributed by atoms with van der Waals surface area (Å²) in [4.78, 5) is 23.8. The number of aliphatic carboxylic acids is 1. The Morgan fingerprint density at radius 3 is 2.53 bits per heavy atom. The van der Waals surface area contributed by atoms with Gasteiger partial charge >= 0.3 is 5.97 Å². The molecule has 0 aromatic heterocycles. The zero-order valence-electron chi connectivity index (χ0n) is 10.3. The molecule has 0 saturated carbocycles. The highest BCUT2D eigenvalue weighted by atomic mass is 16.4. The van der Waals surface area contributed by atoms with Crippen molar-refractivity contribution in [2.24, 2.45) is 5.92 Å². The van der Waals surface area contributed by atoms with Gasteiger partial charge in [0.2, 0.25) is 5.91 Å². The number of carbonyl (C=O) groups is 2. The van der Waals surface area contributed by atoms with Gasteiger partial charge in [0.15, 0.2) is 0 Å². The van der Waals surface area contributed by atoms with E-state index in [9.17, 15) is 14.7 Å². The first kappa shape index (κ1) is 14.0. The number of hydrogen-bond acceptors (Lipinski definition) is 3. The van der Waals surface area contributed by atoms with E-state index in [0.717, 1.165) is 6.42 Å². The summed E-state index contributed by atoms with van der Waals surface area (Å²) < 4.78 is 0. The van der Waals surface area contributed by atoms with E-state index in [1.807, 2.05) is 0 Å². The van der Waals surface area contributed by atoms with Gasteiger partial charge in [0.1, 0.15) is 0 Å². The second kappa shape index (κ2) is 6.59. The van der Waals surface area contributed by atoms with Gasteiger partial charge in [-0.05, 0) is 26.2 Å². The molecule has 1 fully saturated rings. The molecule has 5 nitrogen and oxygen atoms in total. The first-order chi connectivity index (χ1) is 8.00. The van der Waals surface area contributed by atoms with Gasteiger partial charge in [0.25, 0.3) is 0 Å². The molecule has 2 N–H and O–H groups in total. The number of aliphatic hydroxyl groups excluding tert-OH is 1. The number of carboxylic acid groups (broad SMARTS) is 1. The van der Waals surface area contributed by atoms with Crippen molar-refractivity contribution in [3.05, 3.63) is 0 Å². The quantitative estimate of drug-likeness (QED) is 0.678. The van der Waals surface area contributed by atoms with Crippen molar-refractivity contribution in [1.29, 1.82) is 0 Å². The molecule has 1 aliphatic rings. The summed E-state index contributed by atoms with van der Waals surface area (Å²) in [5.74, 6) is -0.538. The molecular formula is C12H21NO4. The predicted molar refractivity (Wildman–Crippen MR) is 62.5 cm³/mol. The molecule has 17 heavy (non-hydrogen) atoms. The Morgan fingerprint density at radius 2 is 2.00 bits per heavy atom. The van der Waals surface area contributed by atoms with Crippen molar-refractivity contribution in [2.45, 2.75) is 45.1 Å². The topological polar surface area (TPSA) is 77.8 Å². The number of rotatable bonds is 6. The van der Waals surface area contributed by atoms with Gasteiger partial charge in [-0.15, -0.1) is 0 Å². The smallest absolute Gasteiger partial charge is 0.303 e. The predicted octanol–water partition coefficient (Wildman–Crippen LogP) is 0.861. The van der Waals surface area contributed by atoms with E-state index in [-0.39, 0.29) is 24.3 Å². The number of carboxylic acids is 1. The monoisotopic (exact) mass is 243 g/mol. The fourth-order valence-electron chi connectivity index (χ4n) is 2.12. The van der Waals surface area contributed by atoms with Crippen LogP contribution in [0.25, 0.3) is 0 Å². The van der Waals surface area contributed by atoms with Crippen LogP contribution in [-0.2, 0) is 9.59 Å². The summed E-state index contributed by atoms with van der Waals surface area (Å²) in [6, 6.07) is 0. The summed E-state index contributed by atoms with van der Waals surface area (Å²) in [5.41, 5.74) is 0. The van der Waals surface area contributed by atoms with Crippen LogP contribution in [0.3, 0.4) is 0 Å². The first-order valence-electron chi connectivity index (χ1n) is 6.18. The normalized spacial score (nSPS) is 21.5. The van der Waals surface area contributed by atoms with Crippen LogP contribution < -0.4 is 0 Å². The largest absolute Gasteiger partial charge is 0.481 e. The summed E-state index contributed by atoms with van der Waals surface area (Å²) in [6.45, 7) is 3.11. The first-order valence-corrected chi connectivity index (χ1v) is 6.18. The van der Waals surface area contributed by atoms with Gasteiger partial charge in [0.05, 0.1) is 6.10 Å². The molecule has 2 atom stereocenters. The summed E-state index contributed by atoms with van der Waals surface area (Å²) in [5, 5.41) is 17.9. The van der Waals surface area contributed by atoms with E-state index in [1.165, 1.54) is 0 Å². The molecule has 1 heterocycles. The molecule has 0 aliphatic carbocycles. The van der Waals surface area contributed by atoms with Crippen LogP contribution in [0.1, 0.15) is 39.0 Å². The molecule has 0 bridgehead atoms. The molecule has 1 rings (SSSR count). The molecule has 0 radical (unpaired) electrons. The SMILES string of the molecule is CC(O)C1CCN(C(=O)CCCCC(=O)O)C1. The van der Waals surface area contributed by atoms with E-state index in [1.54, 1.807) is 11.8 Å². The summed E-state index contributed by atoms with van der Waals surface area (Å²) in [7, 11) is 0. The summed E-state index contributed by atoms with van der Waals surface area (Å²) in [6.07, 6.45) is 2.22. The van der Waals surface area contributed by atoms with E-state index in [4.69, 9.17) is 5.11 Å². The van der Waals surface area contributed by atoms with Crippen molar-refractivity contribution in [3.63, 3.8) is 0 Å². The van der Waals surface area contributed by atoms with Gasteiger partial charge in [-0.3, -0.25) is 9.59 Å². The van der Waals surface area contributed by atoms with Crippen molar-refractivity contribution in [1.82, 2.24) is 4.90 Å². The fraction of sp³-hybridized carbons (Fsp3) is 0.833. The lowest BCUT2D eigenvalue weighted by molar-refractivity contribution is -0.137. The zero-order valence-corrected chi connectivity index (χ0v) is 10.3. The lowest BCUT2D eigenvalue weighted by atomic mass is 10.0. The summed E-state index contributed by atoms with van der Waals surface area (Å²) >= 11 is 0. The van der Waals surface area contributed by atoms with E-state index in [2.05, 4.69) is 0 Å². The number of carbonyl (C=O) groups excluding carboxylic acids is 1. The average molecular weight is 243 g/mol. The lowest BCUT2D eigenvalue weighted by Crippen LogP contribution is -2.30. The number of nitrogens with zero attached hydrogens (tertiary/aromatic N) is 1. The van der Waals surface area contributed by atoms with Gasteiger partial charge < -0.3 is 15.1 Å². The van der Waals surface area contributed by atoms with Crippen LogP contribution in [-0.4, -0.2) is 46.2 Å². The number of aliphatic hydroxyl groups is 1. The van der Waals surface area contributed by atoms with E-state index in [0.29, 0.717) is 32.4 Å². The van der Waals surface area contributed by atoms with E-state index < -0.39 is 5.97 Å². The van der Waals surface area contributed by atoms with Crippen molar-refractivity contribution < 1.29 is 19.8 Å². The highest BCUT2D eigenvalue weighted by molar-refractivity contribution is 5.76. The standard InChI is InChI=1S/C12H21NO4/c1-9(14)10-6-7-13(8-10)11(15)4-2-3-5-12(16)17/h9-10,14H,2-8H2,1H3,(H,16,17). The molecule has 2 unspecified atom stereocenters. The zero-order chi connectivity index (χ0) is 12.8. The van der Waals surface area contributed by atoms with Gasteiger partial charge in [-0.1, -0.05) is 0 Å². The molecule has 1 saturated heterocycles. The number of amides is 1. The second-order valence-corrected chi connectivity index (χ2v) is 4.73. The Labute approximate surface area is 101 Å². The third kappa shape index (κ3) is 4.73. The van der Waals surface area contributed by atoms with Crippen LogP contribution >= 0.6 is 0 Å². The maximum absolute atomic E-state index is 11.8. The van der Waals surface area contributed by atoms with Crippen LogP contribution in [0.2, 0.25) is 0 Å². The van der Waals surface area contributed by atoms with Crippen LogP contribution in [0.4, 0.5) is 0 Å². The Hall–Kier alpha value is -1.10. The Balaban J connectivity index is 2.18. The third-order valence-electron chi connectivity index (χ3n) is 3.29. The number of likely N-dealkylation sites (tertiary alicyclic amines) is 1. The maximum Gasteiger partial charge on any atom is 0.303 e. The number of unbranched alkanes of at least 4 members (excludes halogenated alkanes) is 1.